The molecule has 0 unspecified atom stereocenters. The molecule has 1 aromatic rings. The normalized spacial score (nSPS) is 21.4. The van der Waals surface area contributed by atoms with Crippen LogP contribution in [0.4, 0.5) is 4.79 Å². The third-order valence-corrected chi connectivity index (χ3v) is 4.72. The molecule has 3 rings (SSSR count). The summed E-state index contributed by atoms with van der Waals surface area (Å²) in [4.78, 5) is 25.4. The number of piperidine rings is 1. The third-order valence-electron chi connectivity index (χ3n) is 4.13. The number of nitrogens with zero attached hydrogens (tertiary/aromatic N) is 1. The van der Waals surface area contributed by atoms with Gasteiger partial charge in [0.25, 0.3) is 5.91 Å². The molecule has 2 aliphatic heterocycles. The summed E-state index contributed by atoms with van der Waals surface area (Å²) in [6, 6.07) is 5.07. The van der Waals surface area contributed by atoms with Gasteiger partial charge >= 0.3 is 6.03 Å². The quantitative estimate of drug-likeness (QED) is 0.818. The van der Waals surface area contributed by atoms with Crippen molar-refractivity contribution in [3.8, 4) is 0 Å². The Morgan fingerprint density at radius 1 is 1.19 bits per heavy atom. The molecule has 2 aliphatic rings. The molecule has 21 heavy (non-hydrogen) atoms. The van der Waals surface area contributed by atoms with Gasteiger partial charge in [0, 0.05) is 29.7 Å². The van der Waals surface area contributed by atoms with E-state index in [1.165, 1.54) is 0 Å². The fraction of sp³-hybridized carbons (Fsp3) is 0.429. The van der Waals surface area contributed by atoms with Crippen LogP contribution in [0.15, 0.2) is 18.2 Å². The molecule has 3 amide bonds. The molecular weight excluding hydrogens is 313 g/mol. The van der Waals surface area contributed by atoms with Crippen molar-refractivity contribution in [2.75, 3.05) is 13.1 Å². The molecule has 0 bridgehead atoms. The number of urea groups is 1. The molecule has 5 nitrogen and oxygen atoms in total. The Balaban J connectivity index is 1.64. The average molecular weight is 328 g/mol. The van der Waals surface area contributed by atoms with E-state index in [9.17, 15) is 9.59 Å². The van der Waals surface area contributed by atoms with Gasteiger partial charge in [0.1, 0.15) is 5.54 Å². The topological polar surface area (TPSA) is 61.4 Å². The van der Waals surface area contributed by atoms with E-state index >= 15 is 0 Å². The van der Waals surface area contributed by atoms with E-state index in [1.807, 2.05) is 12.1 Å². The maximum atomic E-state index is 11.9. The van der Waals surface area contributed by atoms with E-state index in [0.29, 0.717) is 29.4 Å². The van der Waals surface area contributed by atoms with Gasteiger partial charge in [0.2, 0.25) is 0 Å². The monoisotopic (exact) mass is 327 g/mol. The first-order valence-electron chi connectivity index (χ1n) is 6.78. The van der Waals surface area contributed by atoms with Gasteiger partial charge in [0.05, 0.1) is 0 Å². The standard InChI is InChI=1S/C14H15Cl2N3O2/c15-10-2-1-9(11(16)7-10)8-19-5-3-14(4-6-19)12(20)17-13(21)18-14/h1-2,7H,3-6,8H2,(H2,17,18,20,21). The zero-order valence-electron chi connectivity index (χ0n) is 11.3. The summed E-state index contributed by atoms with van der Waals surface area (Å²) in [5.41, 5.74) is 0.286. The molecule has 0 aliphatic carbocycles. The van der Waals surface area contributed by atoms with Gasteiger partial charge in [-0.25, -0.2) is 4.79 Å². The largest absolute Gasteiger partial charge is 0.323 e. The number of hydrogen-bond acceptors (Lipinski definition) is 3. The number of nitrogens with one attached hydrogen (secondary N) is 2. The number of carbonyl (C=O) groups is 2. The molecule has 112 valence electrons. The zero-order chi connectivity index (χ0) is 15.0. The van der Waals surface area contributed by atoms with Crippen molar-refractivity contribution in [3.63, 3.8) is 0 Å². The van der Waals surface area contributed by atoms with Crippen LogP contribution in [0.5, 0.6) is 0 Å². The molecule has 2 N–H and O–H groups in total. The lowest BCUT2D eigenvalue weighted by Gasteiger charge is -2.37. The molecule has 2 fully saturated rings. The van der Waals surface area contributed by atoms with Crippen LogP contribution in [-0.2, 0) is 11.3 Å². The zero-order valence-corrected chi connectivity index (χ0v) is 12.8. The second-order valence-electron chi connectivity index (χ2n) is 5.50. The molecule has 0 atom stereocenters. The number of halogens is 2. The minimum Gasteiger partial charge on any atom is -0.323 e. The minimum absolute atomic E-state index is 0.211. The van der Waals surface area contributed by atoms with Crippen LogP contribution in [0.25, 0.3) is 0 Å². The molecule has 1 aromatic carbocycles. The smallest absolute Gasteiger partial charge is 0.322 e. The summed E-state index contributed by atoms with van der Waals surface area (Å²) < 4.78 is 0. The predicted octanol–water partition coefficient (Wildman–Crippen LogP) is 2.17. The number of benzene rings is 1. The lowest BCUT2D eigenvalue weighted by molar-refractivity contribution is -0.125. The SMILES string of the molecule is O=C1NC(=O)C2(CCN(Cc3ccc(Cl)cc3Cl)CC2)N1. The van der Waals surface area contributed by atoms with E-state index in [0.717, 1.165) is 18.7 Å². The number of hydrogen-bond donors (Lipinski definition) is 2. The van der Waals surface area contributed by atoms with Crippen LogP contribution in [0, 0.1) is 0 Å². The maximum absolute atomic E-state index is 11.9. The predicted molar refractivity (Wildman–Crippen MR) is 80.4 cm³/mol. The van der Waals surface area contributed by atoms with E-state index in [1.54, 1.807) is 6.07 Å². The lowest BCUT2D eigenvalue weighted by atomic mass is 9.87. The highest BCUT2D eigenvalue weighted by Gasteiger charge is 2.47. The molecule has 2 saturated heterocycles. The number of imide groups is 1. The highest BCUT2D eigenvalue weighted by molar-refractivity contribution is 6.35. The molecule has 7 heteroatoms. The summed E-state index contributed by atoms with van der Waals surface area (Å²) in [6.45, 7) is 2.17. The van der Waals surface area contributed by atoms with Gasteiger partial charge in [-0.1, -0.05) is 29.3 Å². The number of carbonyl (C=O) groups excluding carboxylic acids is 2. The van der Waals surface area contributed by atoms with Gasteiger partial charge in [-0.05, 0) is 30.5 Å². The van der Waals surface area contributed by atoms with Crippen molar-refractivity contribution in [3.05, 3.63) is 33.8 Å². The number of likely N-dealkylation sites (tertiary alicyclic amines) is 1. The Morgan fingerprint density at radius 3 is 2.48 bits per heavy atom. The highest BCUT2D eigenvalue weighted by Crippen LogP contribution is 2.28. The van der Waals surface area contributed by atoms with Crippen molar-refractivity contribution in [2.45, 2.75) is 24.9 Å². The Bertz CT molecular complexity index is 598. The summed E-state index contributed by atoms with van der Waals surface area (Å²) in [7, 11) is 0. The average Bonchev–Trinajstić information content (AvgIpc) is 2.70. The summed E-state index contributed by atoms with van der Waals surface area (Å²) in [6.07, 6.45) is 1.21. The first-order valence-corrected chi connectivity index (χ1v) is 7.54. The van der Waals surface area contributed by atoms with E-state index in [-0.39, 0.29) is 5.91 Å². The van der Waals surface area contributed by atoms with Crippen molar-refractivity contribution in [2.24, 2.45) is 0 Å². The van der Waals surface area contributed by atoms with Gasteiger partial charge in [0.15, 0.2) is 0 Å². The minimum atomic E-state index is -0.725. The molecule has 2 heterocycles. The van der Waals surface area contributed by atoms with Gasteiger partial charge in [-0.2, -0.15) is 0 Å². The van der Waals surface area contributed by atoms with E-state index in [4.69, 9.17) is 23.2 Å². The number of rotatable bonds is 2. The Morgan fingerprint density at radius 2 is 1.90 bits per heavy atom. The maximum Gasteiger partial charge on any atom is 0.322 e. The van der Waals surface area contributed by atoms with Crippen LogP contribution >= 0.6 is 23.2 Å². The molecule has 1 spiro atoms. The van der Waals surface area contributed by atoms with Crippen LogP contribution in [-0.4, -0.2) is 35.5 Å². The summed E-state index contributed by atoms with van der Waals surface area (Å²) >= 11 is 12.1. The molecule has 0 radical (unpaired) electrons. The van der Waals surface area contributed by atoms with Gasteiger partial charge < -0.3 is 5.32 Å². The first-order chi connectivity index (χ1) is 9.98. The van der Waals surface area contributed by atoms with Crippen LogP contribution in [0.2, 0.25) is 10.0 Å². The van der Waals surface area contributed by atoms with Crippen molar-refractivity contribution in [1.82, 2.24) is 15.5 Å². The van der Waals surface area contributed by atoms with Gasteiger partial charge in [-0.3, -0.25) is 15.0 Å². The van der Waals surface area contributed by atoms with Crippen molar-refractivity contribution in [1.29, 1.82) is 0 Å². The molecular formula is C14H15Cl2N3O2. The second kappa shape index (κ2) is 5.48. The number of amides is 3. The Kier molecular flexibility index (Phi) is 3.82. The van der Waals surface area contributed by atoms with Crippen LogP contribution < -0.4 is 10.6 Å². The summed E-state index contributed by atoms with van der Waals surface area (Å²) in [5, 5.41) is 6.33. The Labute approximate surface area is 132 Å². The molecule has 0 saturated carbocycles. The Hall–Kier alpha value is -1.30. The summed E-state index contributed by atoms with van der Waals surface area (Å²) in [5.74, 6) is -0.211. The highest BCUT2D eigenvalue weighted by atomic mass is 35.5. The van der Waals surface area contributed by atoms with E-state index in [2.05, 4.69) is 15.5 Å². The van der Waals surface area contributed by atoms with Crippen molar-refractivity contribution < 1.29 is 9.59 Å². The fourth-order valence-corrected chi connectivity index (χ4v) is 3.33. The van der Waals surface area contributed by atoms with E-state index < -0.39 is 11.6 Å². The fourth-order valence-electron chi connectivity index (χ4n) is 2.86. The lowest BCUT2D eigenvalue weighted by Crippen LogP contribution is -2.54. The third kappa shape index (κ3) is 2.86. The second-order valence-corrected chi connectivity index (χ2v) is 6.35. The first kappa shape index (κ1) is 14.6. The molecule has 0 aromatic heterocycles. The van der Waals surface area contributed by atoms with Crippen LogP contribution in [0.1, 0.15) is 18.4 Å². The van der Waals surface area contributed by atoms with Crippen LogP contribution in [0.3, 0.4) is 0 Å². The van der Waals surface area contributed by atoms with Gasteiger partial charge in [-0.15, -0.1) is 0 Å². The van der Waals surface area contributed by atoms with Crippen molar-refractivity contribution >= 4 is 35.1 Å².